The lowest BCUT2D eigenvalue weighted by Crippen LogP contribution is -2.09. The number of aryl methyl sites for hydroxylation is 4. The van der Waals surface area contributed by atoms with Crippen LogP contribution in [0.25, 0.3) is 11.3 Å². The molecular formula is C29H28N2O5. The fourth-order valence-corrected chi connectivity index (χ4v) is 4.40. The van der Waals surface area contributed by atoms with E-state index in [0.29, 0.717) is 18.6 Å². The molecule has 0 aliphatic heterocycles. The lowest BCUT2D eigenvalue weighted by molar-refractivity contribution is 0.0695. The third-order valence-corrected chi connectivity index (χ3v) is 6.31. The zero-order chi connectivity index (χ0) is 26.0. The van der Waals surface area contributed by atoms with Crippen LogP contribution in [0.15, 0.2) is 60.8 Å². The van der Waals surface area contributed by atoms with Gasteiger partial charge in [-0.2, -0.15) is 5.10 Å². The van der Waals surface area contributed by atoms with E-state index in [0.717, 1.165) is 44.8 Å². The highest BCUT2D eigenvalue weighted by Crippen LogP contribution is 2.29. The minimum absolute atomic E-state index is 0.0143. The number of carboxylic acid groups (broad SMARTS) is 2. The maximum absolute atomic E-state index is 11.8. The van der Waals surface area contributed by atoms with Gasteiger partial charge >= 0.3 is 11.9 Å². The van der Waals surface area contributed by atoms with Gasteiger partial charge in [0.25, 0.3) is 0 Å². The van der Waals surface area contributed by atoms with Crippen molar-refractivity contribution in [3.63, 3.8) is 0 Å². The van der Waals surface area contributed by atoms with Gasteiger partial charge in [-0.3, -0.25) is 4.68 Å². The Morgan fingerprint density at radius 3 is 2.31 bits per heavy atom. The fourth-order valence-electron chi connectivity index (χ4n) is 4.40. The Balaban J connectivity index is 1.59. The zero-order valence-electron chi connectivity index (χ0n) is 20.7. The summed E-state index contributed by atoms with van der Waals surface area (Å²) < 4.78 is 8.02. The van der Waals surface area contributed by atoms with Crippen LogP contribution >= 0.6 is 0 Å². The number of aromatic carboxylic acids is 2. The van der Waals surface area contributed by atoms with Crippen LogP contribution in [0.5, 0.6) is 5.75 Å². The highest BCUT2D eigenvalue weighted by molar-refractivity contribution is 5.95. The van der Waals surface area contributed by atoms with E-state index in [1.165, 1.54) is 12.1 Å². The van der Waals surface area contributed by atoms with Crippen molar-refractivity contribution in [2.24, 2.45) is 7.05 Å². The van der Waals surface area contributed by atoms with E-state index >= 15 is 0 Å². The van der Waals surface area contributed by atoms with E-state index in [4.69, 9.17) is 4.74 Å². The van der Waals surface area contributed by atoms with Gasteiger partial charge in [-0.15, -0.1) is 0 Å². The van der Waals surface area contributed by atoms with Crippen molar-refractivity contribution < 1.29 is 24.5 Å². The molecule has 0 fully saturated rings. The van der Waals surface area contributed by atoms with Crippen LogP contribution in [-0.2, 0) is 20.1 Å². The van der Waals surface area contributed by atoms with Crippen LogP contribution in [0.4, 0.5) is 0 Å². The van der Waals surface area contributed by atoms with Crippen LogP contribution in [0, 0.1) is 20.8 Å². The molecule has 7 heteroatoms. The van der Waals surface area contributed by atoms with Gasteiger partial charge in [0, 0.05) is 18.8 Å². The lowest BCUT2D eigenvalue weighted by atomic mass is 9.93. The number of carbonyl (C=O) groups is 2. The highest BCUT2D eigenvalue weighted by atomic mass is 16.5. The number of benzene rings is 3. The van der Waals surface area contributed by atoms with Gasteiger partial charge in [0.15, 0.2) is 0 Å². The minimum Gasteiger partial charge on any atom is -0.489 e. The molecule has 0 aliphatic rings. The van der Waals surface area contributed by atoms with Crippen molar-refractivity contribution in [1.29, 1.82) is 0 Å². The van der Waals surface area contributed by atoms with Gasteiger partial charge in [-0.05, 0) is 90.9 Å². The number of carboxylic acids is 2. The van der Waals surface area contributed by atoms with Crippen LogP contribution in [-0.4, -0.2) is 31.9 Å². The van der Waals surface area contributed by atoms with Crippen LogP contribution < -0.4 is 4.74 Å². The predicted molar refractivity (Wildman–Crippen MR) is 137 cm³/mol. The van der Waals surface area contributed by atoms with Gasteiger partial charge < -0.3 is 14.9 Å². The second-order valence-electron chi connectivity index (χ2n) is 8.97. The maximum Gasteiger partial charge on any atom is 0.336 e. The molecule has 0 aliphatic carbocycles. The van der Waals surface area contributed by atoms with Crippen molar-refractivity contribution >= 4 is 11.9 Å². The Morgan fingerprint density at radius 1 is 0.889 bits per heavy atom. The SMILES string of the molecule is Cc1cc(-c2nn(C)cc2C)ccc1OCc1c(C)cccc1Cc1ccc(C(=O)O)cc1C(=O)O. The molecular weight excluding hydrogens is 456 g/mol. The summed E-state index contributed by atoms with van der Waals surface area (Å²) in [6.07, 6.45) is 2.33. The molecule has 0 saturated carbocycles. The second-order valence-corrected chi connectivity index (χ2v) is 8.97. The Bertz CT molecular complexity index is 1470. The maximum atomic E-state index is 11.8. The molecule has 36 heavy (non-hydrogen) atoms. The molecule has 1 heterocycles. The van der Waals surface area contributed by atoms with E-state index in [1.807, 2.05) is 64.3 Å². The van der Waals surface area contributed by atoms with Gasteiger partial charge in [0.2, 0.25) is 0 Å². The van der Waals surface area contributed by atoms with Gasteiger partial charge in [-0.25, -0.2) is 9.59 Å². The van der Waals surface area contributed by atoms with Crippen LogP contribution in [0.2, 0.25) is 0 Å². The van der Waals surface area contributed by atoms with Crippen molar-refractivity contribution in [3.05, 3.63) is 105 Å². The molecule has 0 unspecified atom stereocenters. The quantitative estimate of drug-likeness (QED) is 0.339. The number of aromatic nitrogens is 2. The second kappa shape index (κ2) is 10.1. The summed E-state index contributed by atoms with van der Waals surface area (Å²) in [4.78, 5) is 23.1. The summed E-state index contributed by atoms with van der Waals surface area (Å²) >= 11 is 0. The van der Waals surface area contributed by atoms with Crippen molar-refractivity contribution in [3.8, 4) is 17.0 Å². The number of rotatable bonds is 8. The Hall–Kier alpha value is -4.39. The molecule has 184 valence electrons. The number of nitrogens with zero attached hydrogens (tertiary/aromatic N) is 2. The van der Waals surface area contributed by atoms with Gasteiger partial charge in [0.1, 0.15) is 12.4 Å². The Labute approximate surface area is 209 Å². The molecule has 0 spiro atoms. The third-order valence-electron chi connectivity index (χ3n) is 6.31. The highest BCUT2D eigenvalue weighted by Gasteiger charge is 2.17. The summed E-state index contributed by atoms with van der Waals surface area (Å²) in [5, 5.41) is 23.4. The molecule has 0 bridgehead atoms. The minimum atomic E-state index is -1.16. The third kappa shape index (κ3) is 5.15. The van der Waals surface area contributed by atoms with Crippen LogP contribution in [0.1, 0.15) is 54.1 Å². The van der Waals surface area contributed by atoms with E-state index < -0.39 is 11.9 Å². The Kier molecular flexibility index (Phi) is 6.92. The molecule has 0 radical (unpaired) electrons. The first-order chi connectivity index (χ1) is 17.1. The van der Waals surface area contributed by atoms with Gasteiger partial charge in [0.05, 0.1) is 16.8 Å². The van der Waals surface area contributed by atoms with E-state index in [1.54, 1.807) is 10.7 Å². The smallest absolute Gasteiger partial charge is 0.336 e. The van der Waals surface area contributed by atoms with Crippen molar-refractivity contribution in [2.45, 2.75) is 33.8 Å². The summed E-state index contributed by atoms with van der Waals surface area (Å²) in [7, 11) is 1.90. The number of hydrogen-bond donors (Lipinski definition) is 2. The number of hydrogen-bond acceptors (Lipinski definition) is 4. The van der Waals surface area contributed by atoms with Gasteiger partial charge in [-0.1, -0.05) is 24.3 Å². The molecule has 4 rings (SSSR count). The summed E-state index contributed by atoms with van der Waals surface area (Å²) in [5.41, 5.74) is 7.48. The summed E-state index contributed by atoms with van der Waals surface area (Å²) in [6.45, 7) is 6.35. The Morgan fingerprint density at radius 2 is 1.67 bits per heavy atom. The summed E-state index contributed by atoms with van der Waals surface area (Å²) in [6, 6.07) is 16.1. The van der Waals surface area contributed by atoms with Crippen molar-refractivity contribution in [1.82, 2.24) is 9.78 Å². The molecule has 2 N–H and O–H groups in total. The van der Waals surface area contributed by atoms with Crippen LogP contribution in [0.3, 0.4) is 0 Å². The average Bonchev–Trinajstić information content (AvgIpc) is 3.17. The average molecular weight is 485 g/mol. The molecule has 0 amide bonds. The molecule has 4 aromatic rings. The zero-order valence-corrected chi connectivity index (χ0v) is 20.7. The van der Waals surface area contributed by atoms with Crippen molar-refractivity contribution in [2.75, 3.05) is 0 Å². The molecule has 7 nitrogen and oxygen atoms in total. The molecule has 0 saturated heterocycles. The van der Waals surface area contributed by atoms with E-state index in [-0.39, 0.29) is 11.1 Å². The predicted octanol–water partition coefficient (Wildman–Crippen LogP) is 5.58. The van der Waals surface area contributed by atoms with E-state index in [2.05, 4.69) is 11.2 Å². The normalized spacial score (nSPS) is 10.9. The largest absolute Gasteiger partial charge is 0.489 e. The first kappa shape index (κ1) is 24.7. The molecule has 0 atom stereocenters. The topological polar surface area (TPSA) is 102 Å². The first-order valence-electron chi connectivity index (χ1n) is 11.5. The molecule has 1 aromatic heterocycles. The fraction of sp³-hybridized carbons (Fsp3) is 0.207. The lowest BCUT2D eigenvalue weighted by Gasteiger charge is -2.16. The summed E-state index contributed by atoms with van der Waals surface area (Å²) in [5.74, 6) is -1.55. The standard InChI is InChI=1S/C29H28N2O5/c1-17-6-5-7-20(13-21-8-9-23(28(32)33)14-24(21)29(34)35)25(17)16-36-26-11-10-22(12-18(26)2)27-19(3)15-31(4)30-27/h5-12,14-15H,13,16H2,1-4H3,(H,32,33)(H,34,35). The molecule has 3 aromatic carbocycles. The van der Waals surface area contributed by atoms with E-state index in [9.17, 15) is 19.8 Å². The monoisotopic (exact) mass is 484 g/mol. The number of ether oxygens (including phenoxy) is 1. The first-order valence-corrected chi connectivity index (χ1v) is 11.5.